The second-order valence-electron chi connectivity index (χ2n) is 2.37. The number of epoxide rings is 1. The van der Waals surface area contributed by atoms with Crippen molar-refractivity contribution in [1.29, 1.82) is 0 Å². The normalized spacial score (nSPS) is 26.1. The maximum absolute atomic E-state index is 10.5. The minimum atomic E-state index is -2.76. The summed E-state index contributed by atoms with van der Waals surface area (Å²) in [5.74, 6) is 0.262. The zero-order valence-corrected chi connectivity index (χ0v) is 6.15. The Morgan fingerprint density at radius 3 is 2.56 bits per heavy atom. The number of rotatable bonds is 3. The van der Waals surface area contributed by atoms with E-state index in [1.807, 2.05) is 0 Å². The van der Waals surface area contributed by atoms with Gasteiger partial charge in [0, 0.05) is 6.26 Å². The average molecular weight is 150 g/mol. The Hall–Kier alpha value is -0.0900. The maximum atomic E-state index is 10.5. The molecule has 0 saturated carbocycles. The van der Waals surface area contributed by atoms with E-state index in [2.05, 4.69) is 0 Å². The van der Waals surface area contributed by atoms with Crippen LogP contribution >= 0.6 is 0 Å². The molecule has 1 aliphatic rings. The topological polar surface area (TPSA) is 46.7 Å². The highest BCUT2D eigenvalue weighted by molar-refractivity contribution is 7.90. The second kappa shape index (κ2) is 2.27. The molecule has 0 N–H and O–H groups in total. The van der Waals surface area contributed by atoms with Crippen LogP contribution in [0.2, 0.25) is 0 Å². The van der Waals surface area contributed by atoms with E-state index in [4.69, 9.17) is 4.74 Å². The fraction of sp³-hybridized carbons (Fsp3) is 1.00. The third-order valence-corrected chi connectivity index (χ3v) is 2.19. The number of ether oxygens (including phenoxy) is 1. The molecule has 0 aromatic rings. The molecule has 9 heavy (non-hydrogen) atoms. The molecule has 1 rings (SSSR count). The van der Waals surface area contributed by atoms with E-state index >= 15 is 0 Å². The molecule has 0 aromatic heterocycles. The van der Waals surface area contributed by atoms with Crippen LogP contribution in [-0.4, -0.2) is 33.1 Å². The molecule has 0 amide bonds. The maximum Gasteiger partial charge on any atom is 0.147 e. The summed E-state index contributed by atoms with van der Waals surface area (Å²) in [6.07, 6.45) is 2.15. The Bertz CT molecular complexity index is 178. The van der Waals surface area contributed by atoms with Gasteiger partial charge in [0.05, 0.1) is 18.5 Å². The van der Waals surface area contributed by atoms with Crippen molar-refractivity contribution in [2.75, 3.05) is 18.6 Å². The van der Waals surface area contributed by atoms with Crippen LogP contribution < -0.4 is 0 Å². The van der Waals surface area contributed by atoms with Gasteiger partial charge in [-0.05, 0) is 6.42 Å². The van der Waals surface area contributed by atoms with Crippen molar-refractivity contribution >= 4 is 9.84 Å². The van der Waals surface area contributed by atoms with Gasteiger partial charge in [0.2, 0.25) is 0 Å². The largest absolute Gasteiger partial charge is 0.373 e. The van der Waals surface area contributed by atoms with Gasteiger partial charge < -0.3 is 4.74 Å². The van der Waals surface area contributed by atoms with Gasteiger partial charge in [-0.3, -0.25) is 0 Å². The summed E-state index contributed by atoms with van der Waals surface area (Å²) in [6, 6.07) is 0. The van der Waals surface area contributed by atoms with Gasteiger partial charge in [-0.2, -0.15) is 0 Å². The summed E-state index contributed by atoms with van der Waals surface area (Å²) < 4.78 is 25.9. The minimum Gasteiger partial charge on any atom is -0.373 e. The first-order valence-corrected chi connectivity index (χ1v) is 4.93. The number of hydrogen-bond acceptors (Lipinski definition) is 3. The molecule has 1 atom stereocenters. The number of sulfone groups is 1. The molecular formula is C5H10O3S. The first kappa shape index (κ1) is 7.02. The lowest BCUT2D eigenvalue weighted by Gasteiger charge is -1.91. The van der Waals surface area contributed by atoms with Crippen molar-refractivity contribution in [2.24, 2.45) is 0 Å². The Kier molecular flexibility index (Phi) is 1.77. The van der Waals surface area contributed by atoms with Crippen LogP contribution in [0, 0.1) is 0 Å². The molecule has 0 spiro atoms. The molecule has 4 heteroatoms. The monoisotopic (exact) mass is 150 g/mol. The van der Waals surface area contributed by atoms with Crippen molar-refractivity contribution in [3.8, 4) is 0 Å². The highest BCUT2D eigenvalue weighted by atomic mass is 32.2. The van der Waals surface area contributed by atoms with Crippen LogP contribution in [0.4, 0.5) is 0 Å². The van der Waals surface area contributed by atoms with Crippen molar-refractivity contribution in [1.82, 2.24) is 0 Å². The fourth-order valence-corrected chi connectivity index (χ4v) is 1.27. The summed E-state index contributed by atoms with van der Waals surface area (Å²) in [5.41, 5.74) is 0. The van der Waals surface area contributed by atoms with Crippen LogP contribution in [0.25, 0.3) is 0 Å². The molecule has 0 aliphatic carbocycles. The Morgan fingerprint density at radius 2 is 2.22 bits per heavy atom. The van der Waals surface area contributed by atoms with E-state index in [0.717, 1.165) is 6.61 Å². The van der Waals surface area contributed by atoms with E-state index < -0.39 is 9.84 Å². The summed E-state index contributed by atoms with van der Waals surface area (Å²) in [5, 5.41) is 0. The first-order chi connectivity index (χ1) is 4.08. The van der Waals surface area contributed by atoms with Crippen LogP contribution in [0.15, 0.2) is 0 Å². The van der Waals surface area contributed by atoms with Gasteiger partial charge in [-0.15, -0.1) is 0 Å². The van der Waals surface area contributed by atoms with Gasteiger partial charge in [0.15, 0.2) is 0 Å². The molecule has 54 valence electrons. The molecule has 0 aromatic carbocycles. The predicted molar refractivity (Wildman–Crippen MR) is 34.1 cm³/mol. The molecule has 0 bridgehead atoms. The van der Waals surface area contributed by atoms with E-state index in [0.29, 0.717) is 6.42 Å². The minimum absolute atomic E-state index is 0.236. The van der Waals surface area contributed by atoms with Crippen LogP contribution in [-0.2, 0) is 14.6 Å². The standard InChI is InChI=1S/C5H10O3S/c1-9(6,7)3-2-5-4-8-5/h5H,2-4H2,1H3/t5-/m1/s1. The molecule has 1 fully saturated rings. The fourth-order valence-electron chi connectivity index (χ4n) is 0.580. The van der Waals surface area contributed by atoms with Gasteiger partial charge in [-0.25, -0.2) is 8.42 Å². The van der Waals surface area contributed by atoms with Gasteiger partial charge >= 0.3 is 0 Å². The van der Waals surface area contributed by atoms with Crippen LogP contribution in [0.5, 0.6) is 0 Å². The molecule has 1 saturated heterocycles. The van der Waals surface area contributed by atoms with E-state index in [-0.39, 0.29) is 11.9 Å². The summed E-state index contributed by atoms with van der Waals surface area (Å²) in [4.78, 5) is 0. The van der Waals surface area contributed by atoms with Gasteiger partial charge in [0.1, 0.15) is 9.84 Å². The Morgan fingerprint density at radius 1 is 1.67 bits per heavy atom. The van der Waals surface area contributed by atoms with E-state index in [1.165, 1.54) is 6.26 Å². The second-order valence-corrected chi connectivity index (χ2v) is 4.63. The lowest BCUT2D eigenvalue weighted by atomic mass is 10.4. The third kappa shape index (κ3) is 3.48. The quantitative estimate of drug-likeness (QED) is 0.524. The molecule has 0 unspecified atom stereocenters. The van der Waals surface area contributed by atoms with Crippen molar-refractivity contribution in [3.63, 3.8) is 0 Å². The lowest BCUT2D eigenvalue weighted by Crippen LogP contribution is -2.05. The Balaban J connectivity index is 2.18. The average Bonchev–Trinajstić information content (AvgIpc) is 2.38. The first-order valence-electron chi connectivity index (χ1n) is 2.87. The molecule has 3 nitrogen and oxygen atoms in total. The summed E-state index contributed by atoms with van der Waals surface area (Å²) >= 11 is 0. The smallest absolute Gasteiger partial charge is 0.147 e. The van der Waals surface area contributed by atoms with Crippen LogP contribution in [0.3, 0.4) is 0 Å². The Labute approximate surface area is 54.9 Å². The lowest BCUT2D eigenvalue weighted by molar-refractivity contribution is 0.403. The highest BCUT2D eigenvalue weighted by Gasteiger charge is 2.23. The zero-order valence-electron chi connectivity index (χ0n) is 5.33. The van der Waals surface area contributed by atoms with Gasteiger partial charge in [-0.1, -0.05) is 0 Å². The predicted octanol–water partition coefficient (Wildman–Crippen LogP) is -0.180. The van der Waals surface area contributed by atoms with Crippen LogP contribution in [0.1, 0.15) is 6.42 Å². The van der Waals surface area contributed by atoms with Gasteiger partial charge in [0.25, 0.3) is 0 Å². The van der Waals surface area contributed by atoms with E-state index in [9.17, 15) is 8.42 Å². The SMILES string of the molecule is CS(=O)(=O)CC[C@@H]1CO1. The number of hydrogen-bond donors (Lipinski definition) is 0. The molecule has 1 heterocycles. The third-order valence-electron chi connectivity index (χ3n) is 1.21. The molecule has 1 aliphatic heterocycles. The molecule has 0 radical (unpaired) electrons. The summed E-state index contributed by atoms with van der Waals surface area (Å²) in [7, 11) is -2.76. The molecular weight excluding hydrogens is 140 g/mol. The van der Waals surface area contributed by atoms with Crippen molar-refractivity contribution in [3.05, 3.63) is 0 Å². The highest BCUT2D eigenvalue weighted by Crippen LogP contribution is 2.13. The zero-order chi connectivity index (χ0) is 6.91. The summed E-state index contributed by atoms with van der Waals surface area (Å²) in [6.45, 7) is 0.746. The van der Waals surface area contributed by atoms with E-state index in [1.54, 1.807) is 0 Å². The van der Waals surface area contributed by atoms with Crippen molar-refractivity contribution in [2.45, 2.75) is 12.5 Å². The van der Waals surface area contributed by atoms with Crippen molar-refractivity contribution < 1.29 is 13.2 Å².